The molecule has 3 aromatic rings. The summed E-state index contributed by atoms with van der Waals surface area (Å²) in [6.07, 6.45) is 2.92. The van der Waals surface area contributed by atoms with Gasteiger partial charge in [-0.05, 0) is 61.9 Å². The molecule has 7 nitrogen and oxygen atoms in total. The first-order valence-electron chi connectivity index (χ1n) is 8.65. The summed E-state index contributed by atoms with van der Waals surface area (Å²) in [7, 11) is -3.86. The number of anilines is 2. The van der Waals surface area contributed by atoms with Gasteiger partial charge in [0.05, 0.1) is 20.6 Å². The van der Waals surface area contributed by atoms with E-state index in [1.54, 1.807) is 38.1 Å². The number of carbonyl (C=O) groups is 1. The molecule has 0 atom stereocenters. The van der Waals surface area contributed by atoms with E-state index in [-0.39, 0.29) is 16.7 Å². The van der Waals surface area contributed by atoms with Crippen molar-refractivity contribution in [3.05, 3.63) is 75.4 Å². The van der Waals surface area contributed by atoms with Gasteiger partial charge in [0, 0.05) is 17.3 Å². The van der Waals surface area contributed by atoms with Gasteiger partial charge in [-0.3, -0.25) is 4.79 Å². The Bertz CT molecular complexity index is 1220. The summed E-state index contributed by atoms with van der Waals surface area (Å²) >= 11 is 11.8. The summed E-state index contributed by atoms with van der Waals surface area (Å²) in [5.41, 5.74) is 2.35. The number of aryl methyl sites for hydroxylation is 1. The van der Waals surface area contributed by atoms with Gasteiger partial charge in [-0.2, -0.15) is 0 Å². The van der Waals surface area contributed by atoms with Crippen LogP contribution in [0.5, 0.6) is 0 Å². The van der Waals surface area contributed by atoms with Gasteiger partial charge in [-0.1, -0.05) is 34.4 Å². The molecule has 0 spiro atoms. The average molecular weight is 466 g/mol. The number of aromatic nitrogens is 1. The molecule has 0 aliphatic rings. The van der Waals surface area contributed by atoms with Gasteiger partial charge >= 0.3 is 0 Å². The van der Waals surface area contributed by atoms with Crippen LogP contribution in [0, 0.1) is 13.8 Å². The standard InChI is InChI=1S/C20H17Cl2N3O4S/c1-12-13(2)24-29-20(12)25-30(27,28)16-7-5-15(6-8-16)23-19(26)10-4-14-3-9-17(21)18(22)11-14/h3-11,25H,1-2H3,(H,23,26)/b10-4+. The van der Waals surface area contributed by atoms with Crippen molar-refractivity contribution in [2.24, 2.45) is 0 Å². The lowest BCUT2D eigenvalue weighted by Gasteiger charge is -2.07. The number of halogens is 2. The van der Waals surface area contributed by atoms with Crippen molar-refractivity contribution in [2.45, 2.75) is 18.7 Å². The maximum Gasteiger partial charge on any atom is 0.264 e. The lowest BCUT2D eigenvalue weighted by molar-refractivity contribution is -0.111. The molecule has 0 saturated heterocycles. The number of rotatable bonds is 6. The molecule has 3 rings (SSSR count). The smallest absolute Gasteiger partial charge is 0.264 e. The fourth-order valence-electron chi connectivity index (χ4n) is 2.38. The van der Waals surface area contributed by atoms with Crippen LogP contribution in [0.25, 0.3) is 6.08 Å². The highest BCUT2D eigenvalue weighted by Crippen LogP contribution is 2.24. The molecule has 0 unspecified atom stereocenters. The molecule has 0 bridgehead atoms. The molecule has 0 aliphatic heterocycles. The predicted molar refractivity (Wildman–Crippen MR) is 117 cm³/mol. The highest BCUT2D eigenvalue weighted by molar-refractivity contribution is 7.92. The Kier molecular flexibility index (Phi) is 6.50. The Morgan fingerprint density at radius 3 is 2.37 bits per heavy atom. The van der Waals surface area contributed by atoms with Crippen LogP contribution in [-0.4, -0.2) is 19.5 Å². The van der Waals surface area contributed by atoms with E-state index in [0.717, 1.165) is 0 Å². The van der Waals surface area contributed by atoms with Gasteiger partial charge in [-0.25, -0.2) is 13.1 Å². The molecular formula is C20H17Cl2N3O4S. The number of hydrogen-bond acceptors (Lipinski definition) is 5. The van der Waals surface area contributed by atoms with Gasteiger partial charge in [0.1, 0.15) is 0 Å². The maximum atomic E-state index is 12.5. The summed E-state index contributed by atoms with van der Waals surface area (Å²) in [6, 6.07) is 10.7. The number of nitrogens with zero attached hydrogens (tertiary/aromatic N) is 1. The first-order valence-corrected chi connectivity index (χ1v) is 10.9. The zero-order valence-electron chi connectivity index (χ0n) is 15.9. The van der Waals surface area contributed by atoms with Crippen LogP contribution in [0.1, 0.15) is 16.8 Å². The minimum Gasteiger partial charge on any atom is -0.337 e. The zero-order valence-corrected chi connectivity index (χ0v) is 18.3. The number of nitrogens with one attached hydrogen (secondary N) is 2. The molecule has 0 saturated carbocycles. The molecule has 1 heterocycles. The fraction of sp³-hybridized carbons (Fsp3) is 0.100. The van der Waals surface area contributed by atoms with Crippen LogP contribution in [-0.2, 0) is 14.8 Å². The Morgan fingerprint density at radius 1 is 1.07 bits per heavy atom. The molecule has 2 N–H and O–H groups in total. The van der Waals surface area contributed by atoms with E-state index in [0.29, 0.717) is 32.6 Å². The number of hydrogen-bond donors (Lipinski definition) is 2. The number of sulfonamides is 1. The first kappa shape index (κ1) is 21.9. The summed E-state index contributed by atoms with van der Waals surface area (Å²) < 4.78 is 32.3. The van der Waals surface area contributed by atoms with Gasteiger partial charge in [-0.15, -0.1) is 0 Å². The minimum atomic E-state index is -3.86. The first-order chi connectivity index (χ1) is 14.2. The van der Waals surface area contributed by atoms with E-state index in [4.69, 9.17) is 27.7 Å². The van der Waals surface area contributed by atoms with E-state index in [2.05, 4.69) is 15.2 Å². The highest BCUT2D eigenvalue weighted by atomic mass is 35.5. The van der Waals surface area contributed by atoms with Crippen molar-refractivity contribution in [3.63, 3.8) is 0 Å². The van der Waals surface area contributed by atoms with Crippen molar-refractivity contribution >= 4 is 56.8 Å². The van der Waals surface area contributed by atoms with Crippen LogP contribution in [0.3, 0.4) is 0 Å². The van der Waals surface area contributed by atoms with E-state index < -0.39 is 10.0 Å². The Morgan fingerprint density at radius 2 is 1.77 bits per heavy atom. The predicted octanol–water partition coefficient (Wildman–Crippen LogP) is 5.05. The summed E-state index contributed by atoms with van der Waals surface area (Å²) in [6.45, 7) is 3.41. The topological polar surface area (TPSA) is 101 Å². The summed E-state index contributed by atoms with van der Waals surface area (Å²) in [4.78, 5) is 12.1. The van der Waals surface area contributed by atoms with Crippen LogP contribution >= 0.6 is 23.2 Å². The lowest BCUT2D eigenvalue weighted by Crippen LogP contribution is -2.13. The molecule has 1 aromatic heterocycles. The second-order valence-electron chi connectivity index (χ2n) is 6.35. The molecule has 0 fully saturated rings. The quantitative estimate of drug-likeness (QED) is 0.495. The lowest BCUT2D eigenvalue weighted by atomic mass is 10.2. The van der Waals surface area contributed by atoms with E-state index in [1.165, 1.54) is 30.3 Å². The molecule has 30 heavy (non-hydrogen) atoms. The number of benzene rings is 2. The third-order valence-corrected chi connectivity index (χ3v) is 6.27. The van der Waals surface area contributed by atoms with Crippen molar-refractivity contribution in [3.8, 4) is 0 Å². The molecule has 10 heteroatoms. The monoisotopic (exact) mass is 465 g/mol. The molecular weight excluding hydrogens is 449 g/mol. The van der Waals surface area contributed by atoms with E-state index in [9.17, 15) is 13.2 Å². The minimum absolute atomic E-state index is 0.0142. The molecule has 0 radical (unpaired) electrons. The SMILES string of the molecule is Cc1noc(NS(=O)(=O)c2ccc(NC(=O)/C=C/c3ccc(Cl)c(Cl)c3)cc2)c1C. The molecule has 2 aromatic carbocycles. The second kappa shape index (κ2) is 8.91. The number of amides is 1. The fourth-order valence-corrected chi connectivity index (χ4v) is 3.73. The van der Waals surface area contributed by atoms with Crippen molar-refractivity contribution in [1.29, 1.82) is 0 Å². The molecule has 156 valence electrons. The highest BCUT2D eigenvalue weighted by Gasteiger charge is 2.19. The van der Waals surface area contributed by atoms with Crippen LogP contribution in [0.2, 0.25) is 10.0 Å². The van der Waals surface area contributed by atoms with Gasteiger partial charge in [0.15, 0.2) is 0 Å². The van der Waals surface area contributed by atoms with Crippen molar-refractivity contribution in [1.82, 2.24) is 5.16 Å². The van der Waals surface area contributed by atoms with Crippen molar-refractivity contribution < 1.29 is 17.7 Å². The van der Waals surface area contributed by atoms with Gasteiger partial charge in [0.2, 0.25) is 11.8 Å². The normalized spacial score (nSPS) is 11.6. The van der Waals surface area contributed by atoms with Crippen LogP contribution in [0.4, 0.5) is 11.6 Å². The van der Waals surface area contributed by atoms with Gasteiger partial charge in [0.25, 0.3) is 10.0 Å². The van der Waals surface area contributed by atoms with Crippen LogP contribution < -0.4 is 10.0 Å². The maximum absolute atomic E-state index is 12.5. The Balaban J connectivity index is 1.66. The number of carbonyl (C=O) groups excluding carboxylic acids is 1. The largest absolute Gasteiger partial charge is 0.337 e. The molecule has 1 amide bonds. The van der Waals surface area contributed by atoms with Crippen molar-refractivity contribution in [2.75, 3.05) is 10.0 Å². The van der Waals surface area contributed by atoms with E-state index >= 15 is 0 Å². The van der Waals surface area contributed by atoms with E-state index in [1.807, 2.05) is 0 Å². The molecule has 0 aliphatic carbocycles. The third-order valence-electron chi connectivity index (χ3n) is 4.19. The third kappa shape index (κ3) is 5.21. The summed E-state index contributed by atoms with van der Waals surface area (Å²) in [5.74, 6) is -0.320. The Labute approximate surface area is 183 Å². The second-order valence-corrected chi connectivity index (χ2v) is 8.84. The zero-order chi connectivity index (χ0) is 21.9. The van der Waals surface area contributed by atoms with Gasteiger partial charge < -0.3 is 9.84 Å². The van der Waals surface area contributed by atoms with Crippen LogP contribution in [0.15, 0.2) is 58.0 Å². The Hall–Kier alpha value is -2.81. The summed E-state index contributed by atoms with van der Waals surface area (Å²) in [5, 5.41) is 7.19. The average Bonchev–Trinajstić information content (AvgIpc) is 3.01.